The van der Waals surface area contributed by atoms with Gasteiger partial charge in [0.05, 0.1) is 25.4 Å². The first-order valence-corrected chi connectivity index (χ1v) is 9.65. The van der Waals surface area contributed by atoms with Crippen molar-refractivity contribution in [3.8, 4) is 11.5 Å². The van der Waals surface area contributed by atoms with Crippen molar-refractivity contribution in [1.82, 2.24) is 4.90 Å². The Balaban J connectivity index is 1.62. The van der Waals surface area contributed by atoms with E-state index >= 15 is 0 Å². The predicted molar refractivity (Wildman–Crippen MR) is 97.9 cm³/mol. The Bertz CT molecular complexity index is 865. The third kappa shape index (κ3) is 1.44. The molecule has 5 aliphatic rings. The predicted octanol–water partition coefficient (Wildman–Crippen LogP) is 2.70. The van der Waals surface area contributed by atoms with Gasteiger partial charge in [0, 0.05) is 36.4 Å². The quantitative estimate of drug-likeness (QED) is 0.768. The number of rotatable bonds is 2. The molecule has 1 aromatic carbocycles. The molecule has 1 amide bonds. The van der Waals surface area contributed by atoms with Crippen LogP contribution < -0.4 is 14.4 Å². The van der Waals surface area contributed by atoms with Crippen LogP contribution in [-0.4, -0.2) is 49.7 Å². The fraction of sp³-hybridized carbons (Fsp3) is 0.571. The Morgan fingerprint density at radius 1 is 1.15 bits per heavy atom. The maximum Gasteiger partial charge on any atom is 0.228 e. The van der Waals surface area contributed by atoms with Crippen LogP contribution in [0.2, 0.25) is 0 Å². The van der Waals surface area contributed by atoms with E-state index in [1.807, 2.05) is 6.07 Å². The van der Waals surface area contributed by atoms with Crippen molar-refractivity contribution >= 4 is 11.6 Å². The second-order valence-electron chi connectivity index (χ2n) is 8.54. The van der Waals surface area contributed by atoms with Crippen LogP contribution in [0.15, 0.2) is 24.3 Å². The third-order valence-corrected chi connectivity index (χ3v) is 7.77. The van der Waals surface area contributed by atoms with Crippen LogP contribution >= 0.6 is 0 Å². The Hall–Kier alpha value is -2.01. The van der Waals surface area contributed by atoms with E-state index in [4.69, 9.17) is 9.47 Å². The van der Waals surface area contributed by atoms with E-state index in [0.29, 0.717) is 24.1 Å². The molecule has 2 bridgehead atoms. The van der Waals surface area contributed by atoms with Crippen molar-refractivity contribution in [2.75, 3.05) is 32.2 Å². The number of hydrogen-bond donors (Lipinski definition) is 0. The van der Waals surface area contributed by atoms with Gasteiger partial charge in [0.25, 0.3) is 0 Å². The molecule has 0 radical (unpaired) electrons. The second kappa shape index (κ2) is 4.63. The molecule has 1 aliphatic carbocycles. The number of ether oxygens (including phenoxy) is 2. The lowest BCUT2D eigenvalue weighted by Gasteiger charge is -2.59. The highest BCUT2D eigenvalue weighted by atomic mass is 16.5. The summed E-state index contributed by atoms with van der Waals surface area (Å²) >= 11 is 0. The summed E-state index contributed by atoms with van der Waals surface area (Å²) in [6.45, 7) is 2.13. The maximum absolute atomic E-state index is 13.4. The Morgan fingerprint density at radius 2 is 1.96 bits per heavy atom. The molecule has 26 heavy (non-hydrogen) atoms. The monoisotopic (exact) mass is 352 g/mol. The van der Waals surface area contributed by atoms with Gasteiger partial charge in [0.15, 0.2) is 11.5 Å². The number of carbonyl (C=O) groups is 1. The van der Waals surface area contributed by atoms with E-state index in [1.54, 1.807) is 14.2 Å². The first-order valence-electron chi connectivity index (χ1n) is 9.65. The average Bonchev–Trinajstić information content (AvgIpc) is 3.10. The van der Waals surface area contributed by atoms with Crippen molar-refractivity contribution in [1.29, 1.82) is 0 Å². The van der Waals surface area contributed by atoms with Gasteiger partial charge in [-0.15, -0.1) is 0 Å². The van der Waals surface area contributed by atoms with Gasteiger partial charge in [-0.05, 0) is 37.4 Å². The summed E-state index contributed by atoms with van der Waals surface area (Å²) in [4.78, 5) is 18.2. The summed E-state index contributed by atoms with van der Waals surface area (Å²) in [5.41, 5.74) is 2.30. The van der Waals surface area contributed by atoms with E-state index in [9.17, 15) is 4.79 Å². The number of carbonyl (C=O) groups excluding carboxylic acids is 1. The molecule has 1 saturated carbocycles. The molecule has 4 atom stereocenters. The molecule has 5 heteroatoms. The lowest BCUT2D eigenvalue weighted by molar-refractivity contribution is -0.127. The number of anilines is 1. The van der Waals surface area contributed by atoms with Crippen molar-refractivity contribution in [3.63, 3.8) is 0 Å². The SMILES string of the molecule is COc1cc2c(cc1OC)N1C(=O)CC34C=CCN5CCC2C1(CC3)C54. The van der Waals surface area contributed by atoms with Crippen LogP contribution in [-0.2, 0) is 4.79 Å². The van der Waals surface area contributed by atoms with Crippen LogP contribution in [0.3, 0.4) is 0 Å². The van der Waals surface area contributed by atoms with Gasteiger partial charge in [-0.3, -0.25) is 9.69 Å². The minimum Gasteiger partial charge on any atom is -0.493 e. The molecule has 1 aromatic rings. The highest BCUT2D eigenvalue weighted by molar-refractivity contribution is 6.01. The standard InChI is InChI=1S/C21H24N2O3/c1-25-16-10-13-14-4-9-22-8-3-5-20-6-7-21(14,19(20)22)23(18(24)12-20)15(13)11-17(16)26-2/h3,5,10-11,14,19H,4,6-9,12H2,1-2H3. The van der Waals surface area contributed by atoms with Crippen LogP contribution in [0.1, 0.15) is 37.2 Å². The van der Waals surface area contributed by atoms with Crippen molar-refractivity contribution < 1.29 is 14.3 Å². The summed E-state index contributed by atoms with van der Waals surface area (Å²) in [5, 5.41) is 0. The summed E-state index contributed by atoms with van der Waals surface area (Å²) < 4.78 is 11.1. The Kier molecular flexibility index (Phi) is 2.69. The molecule has 6 rings (SSSR count). The summed E-state index contributed by atoms with van der Waals surface area (Å²) in [5.74, 6) is 2.16. The smallest absolute Gasteiger partial charge is 0.228 e. The van der Waals surface area contributed by atoms with Crippen molar-refractivity contribution in [2.24, 2.45) is 5.41 Å². The van der Waals surface area contributed by atoms with Gasteiger partial charge in [-0.1, -0.05) is 12.2 Å². The van der Waals surface area contributed by atoms with Crippen LogP contribution in [0.25, 0.3) is 0 Å². The normalized spacial score (nSPS) is 39.0. The number of fused-ring (bicyclic) bond motifs is 3. The van der Waals surface area contributed by atoms with Crippen molar-refractivity contribution in [3.05, 3.63) is 29.8 Å². The lowest BCUT2D eigenvalue weighted by atomic mass is 9.63. The second-order valence-corrected chi connectivity index (χ2v) is 8.54. The zero-order valence-electron chi connectivity index (χ0n) is 15.3. The molecule has 0 N–H and O–H groups in total. The Labute approximate surface area is 153 Å². The van der Waals surface area contributed by atoms with Crippen LogP contribution in [0.4, 0.5) is 5.69 Å². The first kappa shape index (κ1) is 15.1. The van der Waals surface area contributed by atoms with E-state index in [1.165, 1.54) is 5.56 Å². The molecule has 136 valence electrons. The fourth-order valence-corrected chi connectivity index (χ4v) is 7.08. The van der Waals surface area contributed by atoms with Gasteiger partial charge in [-0.2, -0.15) is 0 Å². The lowest BCUT2D eigenvalue weighted by Crippen LogP contribution is -2.72. The minimum absolute atomic E-state index is 0.0424. The summed E-state index contributed by atoms with van der Waals surface area (Å²) in [6.07, 6.45) is 8.62. The highest BCUT2D eigenvalue weighted by Gasteiger charge is 2.73. The zero-order chi connectivity index (χ0) is 17.7. The molecule has 4 aliphatic heterocycles. The zero-order valence-corrected chi connectivity index (χ0v) is 15.3. The molecule has 4 heterocycles. The van der Waals surface area contributed by atoms with Crippen LogP contribution in [0, 0.1) is 5.41 Å². The molecule has 1 spiro atoms. The molecule has 2 saturated heterocycles. The number of piperidine rings is 2. The molecule has 5 nitrogen and oxygen atoms in total. The number of nitrogens with zero attached hydrogens (tertiary/aromatic N) is 2. The number of benzene rings is 1. The molecular weight excluding hydrogens is 328 g/mol. The molecule has 3 fully saturated rings. The fourth-order valence-electron chi connectivity index (χ4n) is 7.08. The summed E-state index contributed by atoms with van der Waals surface area (Å²) in [6, 6.07) is 4.61. The van der Waals surface area contributed by atoms with E-state index < -0.39 is 0 Å². The number of methoxy groups -OCH3 is 2. The Morgan fingerprint density at radius 3 is 2.77 bits per heavy atom. The third-order valence-electron chi connectivity index (χ3n) is 7.77. The van der Waals surface area contributed by atoms with Gasteiger partial charge >= 0.3 is 0 Å². The molecular formula is C21H24N2O3. The number of amides is 1. The summed E-state index contributed by atoms with van der Waals surface area (Å²) in [7, 11) is 3.35. The van der Waals surface area contributed by atoms with Gasteiger partial charge in [0.2, 0.25) is 5.91 Å². The van der Waals surface area contributed by atoms with Crippen molar-refractivity contribution in [2.45, 2.75) is 43.2 Å². The van der Waals surface area contributed by atoms with E-state index in [2.05, 4.69) is 28.0 Å². The maximum atomic E-state index is 13.4. The highest BCUT2D eigenvalue weighted by Crippen LogP contribution is 2.69. The first-order chi connectivity index (χ1) is 12.6. The molecule has 4 unspecified atom stereocenters. The van der Waals surface area contributed by atoms with Crippen LogP contribution in [0.5, 0.6) is 11.5 Å². The minimum atomic E-state index is -0.0853. The topological polar surface area (TPSA) is 42.0 Å². The largest absolute Gasteiger partial charge is 0.493 e. The van der Waals surface area contributed by atoms with E-state index in [-0.39, 0.29) is 16.9 Å². The molecule has 0 aromatic heterocycles. The van der Waals surface area contributed by atoms with Gasteiger partial charge in [-0.25, -0.2) is 0 Å². The van der Waals surface area contributed by atoms with E-state index in [0.717, 1.165) is 43.8 Å². The number of hydrogen-bond acceptors (Lipinski definition) is 4. The van der Waals surface area contributed by atoms with Gasteiger partial charge in [0.1, 0.15) is 0 Å². The average molecular weight is 352 g/mol. The van der Waals surface area contributed by atoms with Gasteiger partial charge < -0.3 is 14.4 Å².